The van der Waals surface area contributed by atoms with Crippen molar-refractivity contribution in [3.63, 3.8) is 0 Å². The quantitative estimate of drug-likeness (QED) is 0.215. The first-order valence-electron chi connectivity index (χ1n) is 15.6. The van der Waals surface area contributed by atoms with Gasteiger partial charge in [0, 0.05) is 11.4 Å². The molecule has 0 spiro atoms. The molecule has 0 aliphatic heterocycles. The van der Waals surface area contributed by atoms with Gasteiger partial charge in [-0.3, -0.25) is 0 Å². The molecule has 4 nitrogen and oxygen atoms in total. The highest BCUT2D eigenvalue weighted by atomic mass is 16.5. The maximum Gasteiger partial charge on any atom is 0.338 e. The van der Waals surface area contributed by atoms with Crippen LogP contribution in [-0.2, 0) is 4.74 Å². The monoisotopic (exact) mass is 520 g/mol. The van der Waals surface area contributed by atoms with Gasteiger partial charge in [-0.1, -0.05) is 65.5 Å². The summed E-state index contributed by atoms with van der Waals surface area (Å²) in [5, 5.41) is 0. The van der Waals surface area contributed by atoms with E-state index in [1.807, 2.05) is 0 Å². The largest absolute Gasteiger partial charge is 0.459 e. The van der Waals surface area contributed by atoms with E-state index in [-0.39, 0.29) is 17.5 Å². The first kappa shape index (κ1) is 27.6. The van der Waals surface area contributed by atoms with E-state index in [0.717, 1.165) is 48.9 Å². The third kappa shape index (κ3) is 5.02. The molecule has 1 aromatic carbocycles. The fraction of sp³-hybridized carbons (Fsp3) is 0.735. The maximum atomic E-state index is 13.0. The number of allylic oxidation sites excluding steroid dienone is 2. The molecule has 210 valence electrons. The van der Waals surface area contributed by atoms with E-state index in [9.17, 15) is 4.79 Å². The molecule has 8 atom stereocenters. The third-order valence-corrected chi connectivity index (χ3v) is 11.7. The van der Waals surface area contributed by atoms with Crippen molar-refractivity contribution >= 4 is 17.3 Å². The molecule has 0 bridgehead atoms. The molecule has 3 fully saturated rings. The Labute approximate surface area is 231 Å². The van der Waals surface area contributed by atoms with Gasteiger partial charge >= 0.3 is 5.97 Å². The summed E-state index contributed by atoms with van der Waals surface area (Å²) >= 11 is 0. The maximum absolute atomic E-state index is 13.0. The number of esters is 1. The van der Waals surface area contributed by atoms with Crippen molar-refractivity contribution in [3.8, 4) is 0 Å². The molecule has 4 N–H and O–H groups in total. The van der Waals surface area contributed by atoms with Gasteiger partial charge in [0.05, 0.1) is 5.56 Å². The van der Waals surface area contributed by atoms with Crippen LogP contribution in [0.25, 0.3) is 0 Å². The number of fused-ring (bicyclic) bond motifs is 5. The van der Waals surface area contributed by atoms with Crippen molar-refractivity contribution in [1.82, 2.24) is 0 Å². The smallest absolute Gasteiger partial charge is 0.338 e. The Balaban J connectivity index is 1.28. The van der Waals surface area contributed by atoms with Crippen molar-refractivity contribution in [2.45, 2.75) is 111 Å². The predicted octanol–water partition coefficient (Wildman–Crippen LogP) is 8.42. The number of rotatable bonds is 7. The van der Waals surface area contributed by atoms with E-state index < -0.39 is 0 Å². The summed E-state index contributed by atoms with van der Waals surface area (Å²) in [6.45, 7) is 12.4. The third-order valence-electron chi connectivity index (χ3n) is 11.7. The first-order valence-corrected chi connectivity index (χ1v) is 15.6. The molecule has 1 aromatic rings. The van der Waals surface area contributed by atoms with Crippen LogP contribution in [0.3, 0.4) is 0 Å². The normalized spacial score (nSPS) is 37.1. The zero-order chi connectivity index (χ0) is 27.2. The van der Waals surface area contributed by atoms with Gasteiger partial charge in [-0.15, -0.1) is 0 Å². The number of ether oxygens (including phenoxy) is 1. The van der Waals surface area contributed by atoms with Crippen molar-refractivity contribution < 1.29 is 9.53 Å². The fourth-order valence-corrected chi connectivity index (χ4v) is 9.86. The van der Waals surface area contributed by atoms with Crippen LogP contribution in [0.4, 0.5) is 11.4 Å². The molecule has 0 aromatic heterocycles. The minimum atomic E-state index is -0.293. The Morgan fingerprint density at radius 2 is 1.74 bits per heavy atom. The molecule has 5 rings (SSSR count). The Morgan fingerprint density at radius 3 is 2.45 bits per heavy atom. The average molecular weight is 521 g/mol. The lowest BCUT2D eigenvalue weighted by atomic mass is 9.47. The number of nitrogen functional groups attached to an aromatic ring is 2. The van der Waals surface area contributed by atoms with Gasteiger partial charge in [0.25, 0.3) is 0 Å². The molecule has 3 saturated carbocycles. The minimum Gasteiger partial charge on any atom is -0.459 e. The molecule has 8 unspecified atom stereocenters. The Bertz CT molecular complexity index is 1040. The second-order valence-electron chi connectivity index (χ2n) is 14.4. The van der Waals surface area contributed by atoms with Crippen LogP contribution in [0.1, 0.15) is 116 Å². The molecule has 4 aliphatic carbocycles. The van der Waals surface area contributed by atoms with Gasteiger partial charge in [0.2, 0.25) is 0 Å². The number of hydrogen-bond acceptors (Lipinski definition) is 4. The second kappa shape index (κ2) is 10.5. The van der Waals surface area contributed by atoms with Crippen LogP contribution in [-0.4, -0.2) is 12.1 Å². The van der Waals surface area contributed by atoms with Crippen LogP contribution < -0.4 is 11.5 Å². The lowest BCUT2D eigenvalue weighted by Crippen LogP contribution is -2.51. The summed E-state index contributed by atoms with van der Waals surface area (Å²) in [6, 6.07) is 5.02. The fourth-order valence-electron chi connectivity index (χ4n) is 9.86. The summed E-state index contributed by atoms with van der Waals surface area (Å²) in [6.07, 6.45) is 16.4. The molecule has 4 aliphatic rings. The lowest BCUT2D eigenvalue weighted by molar-refractivity contribution is -0.0670. The van der Waals surface area contributed by atoms with E-state index in [2.05, 4.69) is 40.7 Å². The zero-order valence-electron chi connectivity index (χ0n) is 24.6. The van der Waals surface area contributed by atoms with E-state index >= 15 is 0 Å². The topological polar surface area (TPSA) is 78.3 Å². The van der Waals surface area contributed by atoms with E-state index in [1.54, 1.807) is 23.8 Å². The van der Waals surface area contributed by atoms with Gasteiger partial charge in [-0.05, 0) is 116 Å². The summed E-state index contributed by atoms with van der Waals surface area (Å²) in [7, 11) is 0. The summed E-state index contributed by atoms with van der Waals surface area (Å²) < 4.78 is 6.11. The summed E-state index contributed by atoms with van der Waals surface area (Å²) in [5.74, 6) is 4.56. The average Bonchev–Trinajstić information content (AvgIpc) is 3.20. The molecular weight excluding hydrogens is 468 g/mol. The summed E-state index contributed by atoms with van der Waals surface area (Å²) in [4.78, 5) is 13.0. The molecule has 4 heteroatoms. The highest BCUT2D eigenvalue weighted by Gasteiger charge is 2.59. The second-order valence-corrected chi connectivity index (χ2v) is 14.4. The standard InChI is InChI=1S/C34H52N2O2/c1-21(2)7-6-8-22(3)29-13-14-30-28-12-10-24-9-11-27(20-34(24,5)31(28)15-16-33(29,30)4)38-32(37)23-17-25(35)19-26(36)18-23/h10,17-19,21-22,27-31H,6-9,11-16,20,35-36H2,1-5H3. The van der Waals surface area contributed by atoms with Crippen molar-refractivity contribution in [2.75, 3.05) is 11.5 Å². The van der Waals surface area contributed by atoms with Gasteiger partial charge in [0.1, 0.15) is 6.10 Å². The van der Waals surface area contributed by atoms with Crippen molar-refractivity contribution in [2.24, 2.45) is 46.3 Å². The SMILES string of the molecule is CC(C)CCCC(C)C1CCC2C3CC=C4CCC(OC(=O)c5cc(N)cc(N)c5)CC4(C)C3CCC12C. The first-order chi connectivity index (χ1) is 18.0. The molecule has 38 heavy (non-hydrogen) atoms. The number of benzene rings is 1. The lowest BCUT2D eigenvalue weighted by Gasteiger charge is -2.58. The van der Waals surface area contributed by atoms with E-state index in [1.165, 1.54) is 51.4 Å². The van der Waals surface area contributed by atoms with Gasteiger partial charge in [0.15, 0.2) is 0 Å². The van der Waals surface area contributed by atoms with Crippen LogP contribution in [0.15, 0.2) is 29.8 Å². The van der Waals surface area contributed by atoms with Crippen LogP contribution >= 0.6 is 0 Å². The highest BCUT2D eigenvalue weighted by molar-refractivity contribution is 5.91. The Kier molecular flexibility index (Phi) is 7.66. The van der Waals surface area contributed by atoms with Gasteiger partial charge in [-0.25, -0.2) is 4.79 Å². The Morgan fingerprint density at radius 1 is 1.00 bits per heavy atom. The number of hydrogen-bond donors (Lipinski definition) is 2. The molecule has 0 radical (unpaired) electrons. The van der Waals surface area contributed by atoms with Crippen LogP contribution in [0.5, 0.6) is 0 Å². The number of nitrogens with two attached hydrogens (primary N) is 2. The van der Waals surface area contributed by atoms with E-state index in [4.69, 9.17) is 16.2 Å². The highest BCUT2D eigenvalue weighted by Crippen LogP contribution is 2.67. The summed E-state index contributed by atoms with van der Waals surface area (Å²) in [5.41, 5.74) is 15.6. The Hall–Kier alpha value is -1.97. The zero-order valence-corrected chi connectivity index (χ0v) is 24.6. The van der Waals surface area contributed by atoms with Gasteiger partial charge < -0.3 is 16.2 Å². The number of carbonyl (C=O) groups is 1. The molecule has 0 saturated heterocycles. The van der Waals surface area contributed by atoms with Crippen molar-refractivity contribution in [1.29, 1.82) is 0 Å². The van der Waals surface area contributed by atoms with E-state index in [0.29, 0.717) is 28.3 Å². The number of carbonyl (C=O) groups excluding carboxylic acids is 1. The molecule has 0 heterocycles. The molecular formula is C34H52N2O2. The minimum absolute atomic E-state index is 0.0447. The van der Waals surface area contributed by atoms with Crippen LogP contribution in [0.2, 0.25) is 0 Å². The number of anilines is 2. The predicted molar refractivity (Wildman–Crippen MR) is 158 cm³/mol. The van der Waals surface area contributed by atoms with Gasteiger partial charge in [-0.2, -0.15) is 0 Å². The van der Waals surface area contributed by atoms with Crippen molar-refractivity contribution in [3.05, 3.63) is 35.4 Å². The molecule has 0 amide bonds. The van der Waals surface area contributed by atoms with Crippen LogP contribution in [0, 0.1) is 46.3 Å².